The zero-order valence-electron chi connectivity index (χ0n) is 25.3. The third-order valence-corrected chi connectivity index (χ3v) is 6.54. The molecule has 0 bridgehead atoms. The molecule has 5 atom stereocenters. The summed E-state index contributed by atoms with van der Waals surface area (Å²) in [6, 6.07) is 15.4. The van der Waals surface area contributed by atoms with Crippen molar-refractivity contribution < 1.29 is 38.5 Å². The second-order valence-electron chi connectivity index (χ2n) is 10.2. The molecule has 0 saturated carbocycles. The summed E-state index contributed by atoms with van der Waals surface area (Å²) in [5.74, 6) is -2.42. The van der Waals surface area contributed by atoms with Gasteiger partial charge in [-0.05, 0) is 30.9 Å². The standard InChI is InChI=1S/C33H43N3O8/c1-5-13-26(19-29(38)34-23(3)20-37)31(39)35-28(22-42-4)30(25-17-11-8-12-18-25)44-32(40)27(14-6-2)36-33(41)43-21-24-15-9-7-10-16-24/h5-12,15-18,23,26-28,30,37H,1-2,13-14,19-22H2,3-4H3,(H,34,38)(H,35,39)(H,36,41)/t23-,26-,27+,28-,30-/m0/s1. The Kier molecular flexibility index (Phi) is 16.0. The van der Waals surface area contributed by atoms with E-state index in [0.717, 1.165) is 5.56 Å². The van der Waals surface area contributed by atoms with E-state index in [-0.39, 0.29) is 39.1 Å². The second kappa shape index (κ2) is 19.7. The Labute approximate surface area is 258 Å². The van der Waals surface area contributed by atoms with E-state index in [2.05, 4.69) is 29.1 Å². The number of amides is 3. The van der Waals surface area contributed by atoms with Crippen LogP contribution < -0.4 is 16.0 Å². The lowest BCUT2D eigenvalue weighted by molar-refractivity contribution is -0.155. The van der Waals surface area contributed by atoms with Gasteiger partial charge in [-0.2, -0.15) is 0 Å². The maximum atomic E-state index is 13.5. The number of esters is 1. The first-order valence-corrected chi connectivity index (χ1v) is 14.4. The Balaban J connectivity index is 2.23. The monoisotopic (exact) mass is 609 g/mol. The Bertz CT molecular complexity index is 1210. The summed E-state index contributed by atoms with van der Waals surface area (Å²) in [7, 11) is 1.44. The van der Waals surface area contributed by atoms with E-state index in [1.807, 2.05) is 18.2 Å². The van der Waals surface area contributed by atoms with E-state index in [1.54, 1.807) is 49.4 Å². The molecule has 2 aromatic carbocycles. The average Bonchev–Trinajstić information content (AvgIpc) is 3.02. The van der Waals surface area contributed by atoms with Gasteiger partial charge in [-0.3, -0.25) is 9.59 Å². The fraction of sp³-hybridized carbons (Fsp3) is 0.394. The van der Waals surface area contributed by atoms with Gasteiger partial charge in [-0.15, -0.1) is 13.2 Å². The molecule has 0 aromatic heterocycles. The van der Waals surface area contributed by atoms with Gasteiger partial charge in [-0.1, -0.05) is 72.8 Å². The van der Waals surface area contributed by atoms with Gasteiger partial charge >= 0.3 is 12.1 Å². The number of ether oxygens (including phenoxy) is 3. The van der Waals surface area contributed by atoms with Gasteiger partial charge in [0.2, 0.25) is 11.8 Å². The number of hydrogen-bond donors (Lipinski definition) is 4. The topological polar surface area (TPSA) is 152 Å². The highest BCUT2D eigenvalue weighted by Crippen LogP contribution is 2.24. The summed E-state index contributed by atoms with van der Waals surface area (Å²) in [5.41, 5.74) is 1.35. The second-order valence-corrected chi connectivity index (χ2v) is 10.2. The normalized spacial score (nSPS) is 14.1. The summed E-state index contributed by atoms with van der Waals surface area (Å²) < 4.78 is 16.6. The van der Waals surface area contributed by atoms with E-state index in [0.29, 0.717) is 5.56 Å². The van der Waals surface area contributed by atoms with Crippen LogP contribution >= 0.6 is 0 Å². The first kappa shape index (κ1) is 35.7. The van der Waals surface area contributed by atoms with Crippen molar-refractivity contribution in [1.82, 2.24) is 16.0 Å². The molecule has 2 rings (SSSR count). The molecule has 2 aromatic rings. The summed E-state index contributed by atoms with van der Waals surface area (Å²) in [5, 5.41) is 17.3. The highest BCUT2D eigenvalue weighted by molar-refractivity contribution is 5.86. The number of aliphatic hydroxyl groups is 1. The van der Waals surface area contributed by atoms with Crippen LogP contribution in [0.3, 0.4) is 0 Å². The first-order valence-electron chi connectivity index (χ1n) is 14.4. The zero-order valence-corrected chi connectivity index (χ0v) is 25.3. The largest absolute Gasteiger partial charge is 0.454 e. The fourth-order valence-corrected chi connectivity index (χ4v) is 4.29. The predicted octanol–water partition coefficient (Wildman–Crippen LogP) is 3.35. The lowest BCUT2D eigenvalue weighted by Gasteiger charge is -2.30. The van der Waals surface area contributed by atoms with Gasteiger partial charge in [0.25, 0.3) is 0 Å². The molecule has 0 aliphatic rings. The highest BCUT2D eigenvalue weighted by atomic mass is 16.6. The number of aliphatic hydroxyl groups excluding tert-OH is 1. The van der Waals surface area contributed by atoms with Gasteiger partial charge in [0.15, 0.2) is 0 Å². The Morgan fingerprint density at radius 3 is 2.14 bits per heavy atom. The molecular weight excluding hydrogens is 566 g/mol. The molecule has 238 valence electrons. The van der Waals surface area contributed by atoms with Crippen molar-refractivity contribution in [3.05, 3.63) is 97.1 Å². The smallest absolute Gasteiger partial charge is 0.408 e. The molecule has 0 aliphatic carbocycles. The van der Waals surface area contributed by atoms with Crippen LogP contribution in [-0.4, -0.2) is 67.4 Å². The number of carbonyl (C=O) groups excluding carboxylic acids is 4. The average molecular weight is 610 g/mol. The molecule has 44 heavy (non-hydrogen) atoms. The number of hydrogen-bond acceptors (Lipinski definition) is 8. The van der Waals surface area contributed by atoms with Crippen LogP contribution in [0.25, 0.3) is 0 Å². The van der Waals surface area contributed by atoms with Crippen LogP contribution in [-0.2, 0) is 35.2 Å². The van der Waals surface area contributed by atoms with Crippen LogP contribution in [0.5, 0.6) is 0 Å². The van der Waals surface area contributed by atoms with Crippen LogP contribution in [0.2, 0.25) is 0 Å². The number of nitrogens with one attached hydrogen (secondary N) is 3. The maximum absolute atomic E-state index is 13.5. The summed E-state index contributed by atoms with van der Waals surface area (Å²) in [4.78, 5) is 51.9. The van der Waals surface area contributed by atoms with Gasteiger partial charge in [0, 0.05) is 19.6 Å². The van der Waals surface area contributed by atoms with Gasteiger partial charge in [0.05, 0.1) is 25.2 Å². The van der Waals surface area contributed by atoms with Crippen LogP contribution in [0.1, 0.15) is 43.4 Å². The van der Waals surface area contributed by atoms with Crippen molar-refractivity contribution in [2.75, 3.05) is 20.3 Å². The Morgan fingerprint density at radius 1 is 0.909 bits per heavy atom. The molecule has 0 heterocycles. The zero-order chi connectivity index (χ0) is 32.3. The Morgan fingerprint density at radius 2 is 1.55 bits per heavy atom. The van der Waals surface area contributed by atoms with Gasteiger partial charge < -0.3 is 35.3 Å². The molecule has 0 spiro atoms. The van der Waals surface area contributed by atoms with Crippen LogP contribution in [0.15, 0.2) is 86.0 Å². The quantitative estimate of drug-likeness (QED) is 0.140. The number of rotatable bonds is 19. The van der Waals surface area contributed by atoms with Crippen molar-refractivity contribution in [3.8, 4) is 0 Å². The summed E-state index contributed by atoms with van der Waals surface area (Å²) in [6.45, 7) is 8.76. The first-order chi connectivity index (χ1) is 21.2. The number of methoxy groups -OCH3 is 1. The van der Waals surface area contributed by atoms with Crippen molar-refractivity contribution >= 4 is 23.9 Å². The maximum Gasteiger partial charge on any atom is 0.408 e. The summed E-state index contributed by atoms with van der Waals surface area (Å²) in [6.07, 6.45) is 1.30. The third kappa shape index (κ3) is 12.4. The van der Waals surface area contributed by atoms with Gasteiger partial charge in [-0.25, -0.2) is 9.59 Å². The molecule has 0 aliphatic heterocycles. The van der Waals surface area contributed by atoms with E-state index in [1.165, 1.54) is 19.3 Å². The molecule has 0 saturated heterocycles. The van der Waals surface area contributed by atoms with E-state index < -0.39 is 54.0 Å². The number of alkyl carbamates (subject to hydrolysis) is 1. The van der Waals surface area contributed by atoms with Crippen molar-refractivity contribution in [2.45, 2.75) is 57.0 Å². The summed E-state index contributed by atoms with van der Waals surface area (Å²) >= 11 is 0. The highest BCUT2D eigenvalue weighted by Gasteiger charge is 2.33. The third-order valence-electron chi connectivity index (χ3n) is 6.54. The number of benzene rings is 2. The lowest BCUT2D eigenvalue weighted by atomic mass is 9.97. The van der Waals surface area contributed by atoms with Crippen LogP contribution in [0.4, 0.5) is 4.79 Å². The van der Waals surface area contributed by atoms with Crippen molar-refractivity contribution in [2.24, 2.45) is 5.92 Å². The molecule has 11 heteroatoms. The Hall–Kier alpha value is -4.48. The minimum absolute atomic E-state index is 0.0138. The van der Waals surface area contributed by atoms with E-state index in [9.17, 15) is 24.3 Å². The van der Waals surface area contributed by atoms with Crippen molar-refractivity contribution in [3.63, 3.8) is 0 Å². The van der Waals surface area contributed by atoms with Crippen molar-refractivity contribution in [1.29, 1.82) is 0 Å². The minimum atomic E-state index is -1.12. The molecule has 3 amide bonds. The molecule has 11 nitrogen and oxygen atoms in total. The van der Waals surface area contributed by atoms with Gasteiger partial charge in [0.1, 0.15) is 18.8 Å². The SMILES string of the molecule is C=CC[C@@H](CC(=O)N[C@@H](C)CO)C(=O)N[C@@H](COC)[C@@H](OC(=O)[C@@H](CC=C)NC(=O)OCc1ccccc1)c1ccccc1. The van der Waals surface area contributed by atoms with Crippen LogP contribution in [0, 0.1) is 5.92 Å². The lowest BCUT2D eigenvalue weighted by Crippen LogP contribution is -2.49. The fourth-order valence-electron chi connectivity index (χ4n) is 4.29. The molecule has 0 fully saturated rings. The van der Waals surface area contributed by atoms with E-state index >= 15 is 0 Å². The predicted molar refractivity (Wildman–Crippen MR) is 165 cm³/mol. The molecule has 4 N–H and O–H groups in total. The minimum Gasteiger partial charge on any atom is -0.454 e. The number of allylic oxidation sites excluding steroid dienone is 1. The number of carbonyl (C=O) groups is 4. The molecule has 0 unspecified atom stereocenters. The van der Waals surface area contributed by atoms with E-state index in [4.69, 9.17) is 14.2 Å². The molecular formula is C33H43N3O8. The molecule has 0 radical (unpaired) electrons.